The van der Waals surface area contributed by atoms with E-state index < -0.39 is 23.9 Å². The number of benzene rings is 1. The van der Waals surface area contributed by atoms with Crippen LogP contribution in [0.2, 0.25) is 10.2 Å². The van der Waals surface area contributed by atoms with Gasteiger partial charge in [-0.3, -0.25) is 4.90 Å². The summed E-state index contributed by atoms with van der Waals surface area (Å²) in [6, 6.07) is 3.04. The van der Waals surface area contributed by atoms with Gasteiger partial charge in [0.2, 0.25) is 0 Å². The number of halogens is 5. The molecule has 3 rings (SSSR count). The minimum absolute atomic E-state index is 0.262. The largest absolute Gasteiger partial charge is 0.465 e. The van der Waals surface area contributed by atoms with E-state index in [9.17, 15) is 23.1 Å². The molecule has 1 atom stereocenters. The van der Waals surface area contributed by atoms with Crippen LogP contribution in [0, 0.1) is 0 Å². The van der Waals surface area contributed by atoms with Gasteiger partial charge in [0.1, 0.15) is 5.82 Å². The van der Waals surface area contributed by atoms with E-state index >= 15 is 0 Å². The Morgan fingerprint density at radius 3 is 2.61 bits per heavy atom. The number of alkyl halides is 3. The van der Waals surface area contributed by atoms with Crippen molar-refractivity contribution in [1.29, 1.82) is 0 Å². The molecule has 28 heavy (non-hydrogen) atoms. The van der Waals surface area contributed by atoms with Crippen molar-refractivity contribution in [2.75, 3.05) is 6.54 Å². The Bertz CT molecular complexity index is 899. The number of carbonyl (C=O) groups is 1. The first-order chi connectivity index (χ1) is 13.1. The van der Waals surface area contributed by atoms with Gasteiger partial charge in [-0.15, -0.1) is 0 Å². The van der Waals surface area contributed by atoms with Crippen molar-refractivity contribution in [2.24, 2.45) is 0 Å². The number of rotatable bonds is 4. The van der Waals surface area contributed by atoms with Gasteiger partial charge in [0, 0.05) is 19.5 Å². The predicted molar refractivity (Wildman–Crippen MR) is 98.9 cm³/mol. The Balaban J connectivity index is 1.87. The average Bonchev–Trinajstić information content (AvgIpc) is 2.94. The molecule has 0 fully saturated rings. The van der Waals surface area contributed by atoms with Crippen LogP contribution in [0.5, 0.6) is 0 Å². The van der Waals surface area contributed by atoms with E-state index in [1.807, 2.05) is 11.5 Å². The van der Waals surface area contributed by atoms with E-state index in [2.05, 4.69) is 4.98 Å². The van der Waals surface area contributed by atoms with Gasteiger partial charge in [-0.25, -0.2) is 9.78 Å². The molecule has 0 saturated carbocycles. The molecule has 2 aromatic rings. The summed E-state index contributed by atoms with van der Waals surface area (Å²) in [6.07, 6.45) is -4.24. The van der Waals surface area contributed by atoms with E-state index in [1.54, 1.807) is 0 Å². The topological polar surface area (TPSA) is 58.4 Å². The van der Waals surface area contributed by atoms with Crippen LogP contribution >= 0.6 is 23.2 Å². The molecule has 1 aliphatic heterocycles. The van der Waals surface area contributed by atoms with Crippen LogP contribution in [0.4, 0.5) is 18.0 Å². The monoisotopic (exact) mass is 435 g/mol. The Morgan fingerprint density at radius 1 is 1.32 bits per heavy atom. The molecule has 5 nitrogen and oxygen atoms in total. The van der Waals surface area contributed by atoms with Crippen LogP contribution in [0.25, 0.3) is 0 Å². The molecule has 1 aromatic carbocycles. The molecule has 1 unspecified atom stereocenters. The van der Waals surface area contributed by atoms with Gasteiger partial charge < -0.3 is 9.67 Å². The third-order valence-electron chi connectivity index (χ3n) is 4.90. The number of fused-ring (bicyclic) bond motifs is 1. The lowest BCUT2D eigenvalue weighted by molar-refractivity contribution is -0.137. The fourth-order valence-corrected chi connectivity index (χ4v) is 4.23. The van der Waals surface area contributed by atoms with Crippen molar-refractivity contribution >= 4 is 29.3 Å². The van der Waals surface area contributed by atoms with E-state index in [1.165, 1.54) is 17.0 Å². The molecule has 1 aliphatic rings. The molecular formula is C18H18Cl2F3N3O2. The zero-order valence-corrected chi connectivity index (χ0v) is 16.4. The van der Waals surface area contributed by atoms with Crippen LogP contribution in [-0.4, -0.2) is 32.2 Å². The summed E-state index contributed by atoms with van der Waals surface area (Å²) in [5.41, 5.74) is 0.327. The Morgan fingerprint density at radius 2 is 2.04 bits per heavy atom. The molecule has 0 saturated heterocycles. The molecule has 0 aliphatic carbocycles. The normalized spacial score (nSPS) is 16.9. The minimum atomic E-state index is -4.52. The number of aryl methyl sites for hydroxylation is 2. The second-order valence-corrected chi connectivity index (χ2v) is 7.32. The van der Waals surface area contributed by atoms with Crippen LogP contribution in [-0.2, 0) is 25.6 Å². The van der Waals surface area contributed by atoms with Crippen LogP contribution in [0.1, 0.15) is 42.0 Å². The standard InChI is InChI=1S/C18H18Cl2F3N3O2/c1-2-14-24-16(20)15-13(25(17(27)28)7-8-26(14)15)6-4-10-3-5-11(12(19)9-10)18(21,22)23/h3,5,9,13H,2,4,6-8H2,1H3,(H,27,28). The molecule has 0 bridgehead atoms. The van der Waals surface area contributed by atoms with Crippen LogP contribution in [0.15, 0.2) is 18.2 Å². The van der Waals surface area contributed by atoms with Gasteiger partial charge in [-0.05, 0) is 30.5 Å². The fraction of sp³-hybridized carbons (Fsp3) is 0.444. The highest BCUT2D eigenvalue weighted by Crippen LogP contribution is 2.37. The summed E-state index contributed by atoms with van der Waals surface area (Å²) in [5, 5.41) is 9.45. The second kappa shape index (κ2) is 7.83. The lowest BCUT2D eigenvalue weighted by Gasteiger charge is -2.35. The first kappa shape index (κ1) is 20.8. The number of aromatic nitrogens is 2. The van der Waals surface area contributed by atoms with Crippen LogP contribution < -0.4 is 0 Å². The van der Waals surface area contributed by atoms with Gasteiger partial charge in [0.15, 0.2) is 5.15 Å². The Labute approximate surface area is 169 Å². The quantitative estimate of drug-likeness (QED) is 0.695. The maximum atomic E-state index is 12.9. The number of carboxylic acid groups (broad SMARTS) is 1. The molecule has 0 spiro atoms. The lowest BCUT2D eigenvalue weighted by Crippen LogP contribution is -2.42. The van der Waals surface area contributed by atoms with E-state index in [4.69, 9.17) is 23.2 Å². The molecule has 1 aromatic heterocycles. The van der Waals surface area contributed by atoms with Crippen molar-refractivity contribution < 1.29 is 23.1 Å². The van der Waals surface area contributed by atoms with E-state index in [0.29, 0.717) is 43.6 Å². The van der Waals surface area contributed by atoms with E-state index in [0.717, 1.165) is 11.9 Å². The third kappa shape index (κ3) is 3.93. The summed E-state index contributed by atoms with van der Waals surface area (Å²) < 4.78 is 40.5. The zero-order valence-electron chi connectivity index (χ0n) is 14.9. The number of hydrogen-bond acceptors (Lipinski definition) is 2. The zero-order chi connectivity index (χ0) is 20.6. The number of amides is 1. The van der Waals surface area contributed by atoms with Crippen LogP contribution in [0.3, 0.4) is 0 Å². The molecule has 10 heteroatoms. The first-order valence-electron chi connectivity index (χ1n) is 8.73. The maximum absolute atomic E-state index is 12.9. The fourth-order valence-electron chi connectivity index (χ4n) is 3.60. The highest BCUT2D eigenvalue weighted by atomic mass is 35.5. The molecule has 2 heterocycles. The number of hydrogen-bond donors (Lipinski definition) is 1. The summed E-state index contributed by atoms with van der Waals surface area (Å²) in [5.74, 6) is 0.785. The third-order valence-corrected chi connectivity index (χ3v) is 5.50. The number of nitrogens with zero attached hydrogens (tertiary/aromatic N) is 3. The van der Waals surface area contributed by atoms with Crippen molar-refractivity contribution in [3.63, 3.8) is 0 Å². The Hall–Kier alpha value is -1.93. The first-order valence-corrected chi connectivity index (χ1v) is 9.49. The van der Waals surface area contributed by atoms with Gasteiger partial charge in [-0.2, -0.15) is 13.2 Å². The van der Waals surface area contributed by atoms with Gasteiger partial charge in [0.05, 0.1) is 22.3 Å². The average molecular weight is 436 g/mol. The smallest absolute Gasteiger partial charge is 0.417 e. The second-order valence-electron chi connectivity index (χ2n) is 6.55. The maximum Gasteiger partial charge on any atom is 0.417 e. The van der Waals surface area contributed by atoms with E-state index in [-0.39, 0.29) is 10.2 Å². The summed E-state index contributed by atoms with van der Waals surface area (Å²) >= 11 is 12.1. The molecule has 152 valence electrons. The SMILES string of the molecule is CCc1nc(Cl)c2n1CCN(C(=O)O)C2CCc1ccc(C(F)(F)F)c(Cl)c1. The van der Waals surface area contributed by atoms with Crippen molar-refractivity contribution in [1.82, 2.24) is 14.5 Å². The highest BCUT2D eigenvalue weighted by Gasteiger charge is 2.35. The molecular weight excluding hydrogens is 418 g/mol. The van der Waals surface area contributed by atoms with Crippen molar-refractivity contribution in [3.05, 3.63) is 51.0 Å². The highest BCUT2D eigenvalue weighted by molar-refractivity contribution is 6.31. The summed E-state index contributed by atoms with van der Waals surface area (Å²) in [6.45, 7) is 2.70. The Kier molecular flexibility index (Phi) is 5.82. The predicted octanol–water partition coefficient (Wildman–Crippen LogP) is 5.44. The van der Waals surface area contributed by atoms with Gasteiger partial charge in [0.25, 0.3) is 0 Å². The molecule has 1 amide bonds. The number of imidazole rings is 1. The molecule has 0 radical (unpaired) electrons. The van der Waals surface area contributed by atoms with Gasteiger partial charge in [-0.1, -0.05) is 36.2 Å². The van der Waals surface area contributed by atoms with Crippen molar-refractivity contribution in [3.8, 4) is 0 Å². The minimum Gasteiger partial charge on any atom is -0.465 e. The van der Waals surface area contributed by atoms with Crippen molar-refractivity contribution in [2.45, 2.75) is 44.9 Å². The van der Waals surface area contributed by atoms with Gasteiger partial charge >= 0.3 is 12.3 Å². The summed E-state index contributed by atoms with van der Waals surface area (Å²) in [4.78, 5) is 17.3. The summed E-state index contributed by atoms with van der Waals surface area (Å²) in [7, 11) is 0. The molecule has 1 N–H and O–H groups in total. The lowest BCUT2D eigenvalue weighted by atomic mass is 9.99.